The zero-order valence-corrected chi connectivity index (χ0v) is 10.6. The minimum Gasteiger partial charge on any atom is -0.410 e. The molecule has 8 heteroatoms. The molecule has 1 aromatic heterocycles. The van der Waals surface area contributed by atoms with Crippen LogP contribution in [0.25, 0.3) is 0 Å². The summed E-state index contributed by atoms with van der Waals surface area (Å²) in [5, 5.41) is 15.1. The second kappa shape index (κ2) is 5.44. The highest BCUT2D eigenvalue weighted by atomic mass is 32.1. The molecule has 19 heavy (non-hydrogen) atoms. The van der Waals surface area contributed by atoms with Crippen molar-refractivity contribution in [1.29, 1.82) is 0 Å². The molecule has 0 spiro atoms. The van der Waals surface area contributed by atoms with Gasteiger partial charge in [-0.15, -0.1) is 11.3 Å². The average molecular weight is 279 g/mol. The Morgan fingerprint density at radius 1 is 1.42 bits per heavy atom. The van der Waals surface area contributed by atoms with Crippen LogP contribution in [0.1, 0.15) is 5.69 Å². The Morgan fingerprint density at radius 2 is 2.11 bits per heavy atom. The van der Waals surface area contributed by atoms with Gasteiger partial charge in [0.1, 0.15) is 5.75 Å². The number of non-ortho nitro benzene ring substituents is 1. The van der Waals surface area contributed by atoms with E-state index >= 15 is 0 Å². The van der Waals surface area contributed by atoms with E-state index in [0.29, 0.717) is 5.13 Å². The zero-order valence-electron chi connectivity index (χ0n) is 9.82. The molecule has 2 aromatic rings. The van der Waals surface area contributed by atoms with Gasteiger partial charge in [0.25, 0.3) is 5.69 Å². The molecule has 0 fully saturated rings. The van der Waals surface area contributed by atoms with Gasteiger partial charge in [0.2, 0.25) is 0 Å². The van der Waals surface area contributed by atoms with Crippen molar-refractivity contribution >= 4 is 28.2 Å². The first kappa shape index (κ1) is 13.0. The van der Waals surface area contributed by atoms with Crippen LogP contribution < -0.4 is 10.1 Å². The maximum absolute atomic E-state index is 11.5. The number of carbonyl (C=O) groups is 1. The van der Waals surface area contributed by atoms with Crippen molar-refractivity contribution in [3.05, 3.63) is 45.5 Å². The van der Waals surface area contributed by atoms with Crippen molar-refractivity contribution in [2.24, 2.45) is 0 Å². The maximum Gasteiger partial charge on any atom is 0.418 e. The first-order valence-electron chi connectivity index (χ1n) is 5.20. The SMILES string of the molecule is Cc1csc(NC(=O)Oc2ccc([N+](=O)[O-])cc2)n1. The van der Waals surface area contributed by atoms with E-state index in [1.54, 1.807) is 5.38 Å². The van der Waals surface area contributed by atoms with Gasteiger partial charge in [0.05, 0.1) is 10.6 Å². The highest BCUT2D eigenvalue weighted by Crippen LogP contribution is 2.19. The summed E-state index contributed by atoms with van der Waals surface area (Å²) in [6.45, 7) is 1.81. The lowest BCUT2D eigenvalue weighted by Gasteiger charge is -2.03. The Balaban J connectivity index is 1.97. The Morgan fingerprint density at radius 3 is 2.63 bits per heavy atom. The zero-order chi connectivity index (χ0) is 13.8. The standard InChI is InChI=1S/C11H9N3O4S/c1-7-6-19-10(12-7)13-11(15)18-9-4-2-8(3-5-9)14(16)17/h2-6H,1H3,(H,12,13,15). The molecule has 1 heterocycles. The van der Waals surface area contributed by atoms with Crippen molar-refractivity contribution in [2.75, 3.05) is 5.32 Å². The molecule has 1 aromatic carbocycles. The number of nitrogens with zero attached hydrogens (tertiary/aromatic N) is 2. The minimum atomic E-state index is -0.691. The van der Waals surface area contributed by atoms with Gasteiger partial charge in [-0.05, 0) is 19.1 Å². The molecule has 0 bridgehead atoms. The predicted octanol–water partition coefficient (Wildman–Crippen LogP) is 2.97. The number of rotatable bonds is 3. The fraction of sp³-hybridized carbons (Fsp3) is 0.0909. The number of ether oxygens (including phenoxy) is 1. The van der Waals surface area contributed by atoms with Crippen LogP contribution in [0.5, 0.6) is 5.75 Å². The summed E-state index contributed by atoms with van der Waals surface area (Å²) in [4.78, 5) is 25.5. The third kappa shape index (κ3) is 3.49. The predicted molar refractivity (Wildman–Crippen MR) is 69.6 cm³/mol. The van der Waals surface area contributed by atoms with E-state index in [2.05, 4.69) is 10.3 Å². The fourth-order valence-corrected chi connectivity index (χ4v) is 1.94. The average Bonchev–Trinajstić information content (AvgIpc) is 2.75. The largest absolute Gasteiger partial charge is 0.418 e. The Kier molecular flexibility index (Phi) is 3.71. The molecule has 0 saturated carbocycles. The number of thiazole rings is 1. The van der Waals surface area contributed by atoms with Crippen molar-refractivity contribution in [1.82, 2.24) is 4.98 Å². The molecular weight excluding hydrogens is 270 g/mol. The van der Waals surface area contributed by atoms with Crippen LogP contribution in [-0.2, 0) is 0 Å². The number of carbonyl (C=O) groups excluding carboxylic acids is 1. The van der Waals surface area contributed by atoms with Crippen molar-refractivity contribution in [3.8, 4) is 5.75 Å². The molecule has 1 amide bonds. The number of hydrogen-bond acceptors (Lipinski definition) is 6. The fourth-order valence-electron chi connectivity index (χ4n) is 1.27. The summed E-state index contributed by atoms with van der Waals surface area (Å²) in [7, 11) is 0. The third-order valence-electron chi connectivity index (χ3n) is 2.09. The van der Waals surface area contributed by atoms with Crippen LogP contribution in [0.3, 0.4) is 0 Å². The van der Waals surface area contributed by atoms with Gasteiger partial charge in [-0.3, -0.25) is 15.4 Å². The number of anilines is 1. The minimum absolute atomic E-state index is 0.0664. The van der Waals surface area contributed by atoms with Crippen molar-refractivity contribution in [3.63, 3.8) is 0 Å². The molecular formula is C11H9N3O4S. The van der Waals surface area contributed by atoms with E-state index in [9.17, 15) is 14.9 Å². The van der Waals surface area contributed by atoms with Crippen LogP contribution >= 0.6 is 11.3 Å². The normalized spacial score (nSPS) is 9.95. The summed E-state index contributed by atoms with van der Waals surface area (Å²) in [5.41, 5.74) is 0.735. The van der Waals surface area contributed by atoms with Crippen LogP contribution in [0.15, 0.2) is 29.6 Å². The number of hydrogen-bond donors (Lipinski definition) is 1. The lowest BCUT2D eigenvalue weighted by Crippen LogP contribution is -2.16. The Bertz CT molecular complexity index is 609. The van der Waals surface area contributed by atoms with Crippen LogP contribution in [0, 0.1) is 17.0 Å². The third-order valence-corrected chi connectivity index (χ3v) is 2.96. The van der Waals surface area contributed by atoms with Gasteiger partial charge in [0, 0.05) is 17.5 Å². The van der Waals surface area contributed by atoms with E-state index in [4.69, 9.17) is 4.74 Å². The first-order valence-corrected chi connectivity index (χ1v) is 6.08. The quantitative estimate of drug-likeness (QED) is 0.688. The number of amides is 1. The van der Waals surface area contributed by atoms with E-state index in [-0.39, 0.29) is 11.4 Å². The van der Waals surface area contributed by atoms with Gasteiger partial charge >= 0.3 is 6.09 Å². The highest BCUT2D eigenvalue weighted by Gasteiger charge is 2.09. The Labute approximate surface area is 112 Å². The summed E-state index contributed by atoms with van der Waals surface area (Å²) >= 11 is 1.28. The molecule has 0 radical (unpaired) electrons. The molecule has 98 valence electrons. The molecule has 7 nitrogen and oxygen atoms in total. The van der Waals surface area contributed by atoms with Crippen molar-refractivity contribution in [2.45, 2.75) is 6.92 Å². The number of benzene rings is 1. The lowest BCUT2D eigenvalue weighted by molar-refractivity contribution is -0.384. The second-order valence-electron chi connectivity index (χ2n) is 3.56. The molecule has 0 aliphatic heterocycles. The summed E-state index contributed by atoms with van der Waals surface area (Å²) in [6.07, 6.45) is -0.691. The molecule has 0 atom stereocenters. The van der Waals surface area contributed by atoms with Crippen LogP contribution in [0.4, 0.5) is 15.6 Å². The van der Waals surface area contributed by atoms with E-state index in [0.717, 1.165) is 5.69 Å². The van der Waals surface area contributed by atoms with Gasteiger partial charge in [-0.25, -0.2) is 9.78 Å². The number of nitrogens with one attached hydrogen (secondary N) is 1. The number of aromatic nitrogens is 1. The lowest BCUT2D eigenvalue weighted by atomic mass is 10.3. The topological polar surface area (TPSA) is 94.4 Å². The number of nitro groups is 1. The smallest absolute Gasteiger partial charge is 0.410 e. The second-order valence-corrected chi connectivity index (χ2v) is 4.42. The van der Waals surface area contributed by atoms with Gasteiger partial charge in [-0.1, -0.05) is 0 Å². The molecule has 0 aliphatic carbocycles. The van der Waals surface area contributed by atoms with Gasteiger partial charge in [0.15, 0.2) is 5.13 Å². The number of nitro benzene ring substituents is 1. The van der Waals surface area contributed by atoms with Crippen LogP contribution in [0.2, 0.25) is 0 Å². The van der Waals surface area contributed by atoms with Crippen molar-refractivity contribution < 1.29 is 14.5 Å². The van der Waals surface area contributed by atoms with E-state index in [1.807, 2.05) is 6.92 Å². The number of aryl methyl sites for hydroxylation is 1. The van der Waals surface area contributed by atoms with Gasteiger partial charge in [-0.2, -0.15) is 0 Å². The summed E-state index contributed by atoms with van der Waals surface area (Å²) in [5.74, 6) is 0.219. The maximum atomic E-state index is 11.5. The van der Waals surface area contributed by atoms with Crippen LogP contribution in [-0.4, -0.2) is 16.0 Å². The van der Waals surface area contributed by atoms with E-state index < -0.39 is 11.0 Å². The molecule has 0 aliphatic rings. The monoisotopic (exact) mass is 279 g/mol. The Hall–Kier alpha value is -2.48. The molecule has 0 unspecified atom stereocenters. The summed E-state index contributed by atoms with van der Waals surface area (Å²) < 4.78 is 4.96. The highest BCUT2D eigenvalue weighted by molar-refractivity contribution is 7.13. The van der Waals surface area contributed by atoms with E-state index in [1.165, 1.54) is 35.6 Å². The molecule has 0 saturated heterocycles. The molecule has 1 N–H and O–H groups in total. The summed E-state index contributed by atoms with van der Waals surface area (Å²) in [6, 6.07) is 5.22. The molecule has 2 rings (SSSR count). The van der Waals surface area contributed by atoms with Gasteiger partial charge < -0.3 is 4.74 Å². The first-order chi connectivity index (χ1) is 9.04.